The lowest BCUT2D eigenvalue weighted by Crippen LogP contribution is -2.10. The van der Waals surface area contributed by atoms with E-state index in [9.17, 15) is 9.90 Å². The minimum atomic E-state index is -1.25. The van der Waals surface area contributed by atoms with E-state index in [0.717, 1.165) is 0 Å². The number of hydrogen-bond donors (Lipinski definition) is 2. The SMILES string of the molecule is C=C(C(=O)O)[C@H](O)c1ccccc1OC. The van der Waals surface area contributed by atoms with Gasteiger partial charge in [-0.15, -0.1) is 0 Å². The zero-order valence-electron chi connectivity index (χ0n) is 8.30. The molecular weight excluding hydrogens is 196 g/mol. The summed E-state index contributed by atoms with van der Waals surface area (Å²) in [6.45, 7) is 3.30. The second-order valence-electron chi connectivity index (χ2n) is 2.97. The Morgan fingerprint density at radius 1 is 1.47 bits per heavy atom. The van der Waals surface area contributed by atoms with Gasteiger partial charge < -0.3 is 14.9 Å². The van der Waals surface area contributed by atoms with Crippen LogP contribution in [0.4, 0.5) is 0 Å². The minimum Gasteiger partial charge on any atom is -0.496 e. The van der Waals surface area contributed by atoms with E-state index in [4.69, 9.17) is 9.84 Å². The van der Waals surface area contributed by atoms with E-state index in [1.807, 2.05) is 0 Å². The molecule has 0 bridgehead atoms. The number of carboxylic acids is 1. The number of methoxy groups -OCH3 is 1. The van der Waals surface area contributed by atoms with Crippen molar-refractivity contribution in [3.05, 3.63) is 42.0 Å². The molecule has 2 N–H and O–H groups in total. The van der Waals surface area contributed by atoms with Crippen molar-refractivity contribution in [2.45, 2.75) is 6.10 Å². The van der Waals surface area contributed by atoms with Gasteiger partial charge in [0, 0.05) is 5.56 Å². The first-order valence-electron chi connectivity index (χ1n) is 4.31. The first kappa shape index (κ1) is 11.3. The molecule has 80 valence electrons. The maximum absolute atomic E-state index is 10.6. The summed E-state index contributed by atoms with van der Waals surface area (Å²) in [5.74, 6) is -0.791. The first-order chi connectivity index (χ1) is 7.07. The summed E-state index contributed by atoms with van der Waals surface area (Å²) in [4.78, 5) is 10.6. The van der Waals surface area contributed by atoms with Gasteiger partial charge in [-0.25, -0.2) is 4.79 Å². The number of benzene rings is 1. The van der Waals surface area contributed by atoms with E-state index in [0.29, 0.717) is 11.3 Å². The number of aliphatic hydroxyl groups is 1. The van der Waals surface area contributed by atoms with Crippen LogP contribution in [0.25, 0.3) is 0 Å². The van der Waals surface area contributed by atoms with Crippen LogP contribution in [0.3, 0.4) is 0 Å². The molecular formula is C11H12O4. The van der Waals surface area contributed by atoms with E-state index in [1.54, 1.807) is 24.3 Å². The molecule has 0 radical (unpaired) electrons. The van der Waals surface area contributed by atoms with E-state index >= 15 is 0 Å². The van der Waals surface area contributed by atoms with Crippen LogP contribution in [0.2, 0.25) is 0 Å². The first-order valence-corrected chi connectivity index (χ1v) is 4.31. The van der Waals surface area contributed by atoms with E-state index in [1.165, 1.54) is 7.11 Å². The number of aliphatic carboxylic acids is 1. The van der Waals surface area contributed by atoms with Crippen molar-refractivity contribution in [3.8, 4) is 5.75 Å². The molecule has 4 heteroatoms. The van der Waals surface area contributed by atoms with Gasteiger partial charge in [-0.05, 0) is 6.07 Å². The summed E-state index contributed by atoms with van der Waals surface area (Å²) in [7, 11) is 1.45. The number of carbonyl (C=O) groups is 1. The topological polar surface area (TPSA) is 66.8 Å². The number of hydrogen-bond acceptors (Lipinski definition) is 3. The summed E-state index contributed by atoms with van der Waals surface area (Å²) >= 11 is 0. The zero-order chi connectivity index (χ0) is 11.4. The molecule has 0 spiro atoms. The number of ether oxygens (including phenoxy) is 1. The molecule has 0 saturated heterocycles. The van der Waals surface area contributed by atoms with Gasteiger partial charge in [0.1, 0.15) is 11.9 Å². The van der Waals surface area contributed by atoms with Crippen LogP contribution in [0, 0.1) is 0 Å². The monoisotopic (exact) mass is 208 g/mol. The van der Waals surface area contributed by atoms with Gasteiger partial charge in [-0.1, -0.05) is 24.8 Å². The minimum absolute atomic E-state index is 0.278. The quantitative estimate of drug-likeness (QED) is 0.733. The van der Waals surface area contributed by atoms with E-state index < -0.39 is 12.1 Å². The maximum atomic E-state index is 10.6. The number of para-hydroxylation sites is 1. The van der Waals surface area contributed by atoms with Crippen molar-refractivity contribution < 1.29 is 19.7 Å². The molecule has 0 fully saturated rings. The predicted molar refractivity (Wildman–Crippen MR) is 54.7 cm³/mol. The summed E-state index contributed by atoms with van der Waals surface area (Å²) in [6.07, 6.45) is -1.25. The molecule has 0 unspecified atom stereocenters. The molecule has 0 aliphatic heterocycles. The largest absolute Gasteiger partial charge is 0.496 e. The molecule has 1 rings (SSSR count). The molecule has 0 aromatic heterocycles. The molecule has 0 aliphatic carbocycles. The Labute approximate surface area is 87.4 Å². The molecule has 1 aromatic rings. The maximum Gasteiger partial charge on any atom is 0.333 e. The summed E-state index contributed by atoms with van der Waals surface area (Å²) in [5.41, 5.74) is 0.118. The lowest BCUT2D eigenvalue weighted by Gasteiger charge is -2.14. The summed E-state index contributed by atoms with van der Waals surface area (Å²) in [6, 6.07) is 6.67. The molecule has 0 saturated carbocycles. The van der Waals surface area contributed by atoms with Crippen LogP contribution in [0.1, 0.15) is 11.7 Å². The third-order valence-corrected chi connectivity index (χ3v) is 2.04. The fourth-order valence-electron chi connectivity index (χ4n) is 1.20. The van der Waals surface area contributed by atoms with E-state index in [2.05, 4.69) is 6.58 Å². The second-order valence-corrected chi connectivity index (χ2v) is 2.97. The fraction of sp³-hybridized carbons (Fsp3) is 0.182. The van der Waals surface area contributed by atoms with Crippen LogP contribution >= 0.6 is 0 Å². The zero-order valence-corrected chi connectivity index (χ0v) is 8.30. The Morgan fingerprint density at radius 2 is 2.07 bits per heavy atom. The van der Waals surface area contributed by atoms with Crippen LogP contribution < -0.4 is 4.74 Å². The van der Waals surface area contributed by atoms with E-state index in [-0.39, 0.29) is 5.57 Å². The van der Waals surface area contributed by atoms with Crippen molar-refractivity contribution in [2.75, 3.05) is 7.11 Å². The fourth-order valence-corrected chi connectivity index (χ4v) is 1.20. The number of carboxylic acid groups (broad SMARTS) is 1. The van der Waals surface area contributed by atoms with Crippen LogP contribution in [0.5, 0.6) is 5.75 Å². The molecule has 1 aromatic carbocycles. The van der Waals surface area contributed by atoms with Crippen LogP contribution in [-0.2, 0) is 4.79 Å². The third kappa shape index (κ3) is 2.35. The molecule has 15 heavy (non-hydrogen) atoms. The van der Waals surface area contributed by atoms with Crippen molar-refractivity contribution in [1.82, 2.24) is 0 Å². The number of rotatable bonds is 4. The average Bonchev–Trinajstić information content (AvgIpc) is 2.26. The van der Waals surface area contributed by atoms with Gasteiger partial charge in [0.05, 0.1) is 12.7 Å². The summed E-state index contributed by atoms with van der Waals surface area (Å²) in [5, 5.41) is 18.4. The normalized spacial score (nSPS) is 11.9. The molecule has 0 heterocycles. The number of aliphatic hydroxyl groups excluding tert-OH is 1. The Bertz CT molecular complexity index is 384. The van der Waals surface area contributed by atoms with Crippen molar-refractivity contribution in [2.24, 2.45) is 0 Å². The van der Waals surface area contributed by atoms with Gasteiger partial charge in [-0.3, -0.25) is 0 Å². The lowest BCUT2D eigenvalue weighted by molar-refractivity contribution is -0.133. The highest BCUT2D eigenvalue weighted by molar-refractivity contribution is 5.87. The standard InChI is InChI=1S/C11H12O4/c1-7(11(13)14)10(12)8-5-3-4-6-9(8)15-2/h3-6,10,12H,1H2,2H3,(H,13,14)/t10-/m0/s1. The van der Waals surface area contributed by atoms with Gasteiger partial charge in [-0.2, -0.15) is 0 Å². The van der Waals surface area contributed by atoms with Crippen LogP contribution in [-0.4, -0.2) is 23.3 Å². The second kappa shape index (κ2) is 4.61. The van der Waals surface area contributed by atoms with Gasteiger partial charge in [0.15, 0.2) is 0 Å². The van der Waals surface area contributed by atoms with Crippen molar-refractivity contribution in [3.63, 3.8) is 0 Å². The molecule has 1 atom stereocenters. The average molecular weight is 208 g/mol. The lowest BCUT2D eigenvalue weighted by atomic mass is 10.0. The van der Waals surface area contributed by atoms with Gasteiger partial charge >= 0.3 is 5.97 Å². The predicted octanol–water partition coefficient (Wildman–Crippen LogP) is 1.37. The van der Waals surface area contributed by atoms with Crippen molar-refractivity contribution >= 4 is 5.97 Å². The smallest absolute Gasteiger partial charge is 0.333 e. The highest BCUT2D eigenvalue weighted by atomic mass is 16.5. The summed E-state index contributed by atoms with van der Waals surface area (Å²) < 4.78 is 5.00. The Balaban J connectivity index is 3.05. The Hall–Kier alpha value is -1.81. The third-order valence-electron chi connectivity index (χ3n) is 2.04. The Morgan fingerprint density at radius 3 is 2.60 bits per heavy atom. The Kier molecular flexibility index (Phi) is 3.46. The highest BCUT2D eigenvalue weighted by Crippen LogP contribution is 2.28. The van der Waals surface area contributed by atoms with Gasteiger partial charge in [0.25, 0.3) is 0 Å². The van der Waals surface area contributed by atoms with Crippen molar-refractivity contribution in [1.29, 1.82) is 0 Å². The van der Waals surface area contributed by atoms with Crippen LogP contribution in [0.15, 0.2) is 36.4 Å². The molecule has 4 nitrogen and oxygen atoms in total. The van der Waals surface area contributed by atoms with Gasteiger partial charge in [0.2, 0.25) is 0 Å². The molecule has 0 aliphatic rings. The highest BCUT2D eigenvalue weighted by Gasteiger charge is 2.20. The molecule has 0 amide bonds.